The number of carbonyl (C=O) groups is 1. The van der Waals surface area contributed by atoms with Crippen molar-refractivity contribution in [3.63, 3.8) is 0 Å². The molecule has 1 aliphatic carbocycles. The standard InChI is InChI=1S/C20H23N5O3/c1-12(2)20-23-18(24-28-20)14-3-5-16-13(9-14)4-6-17(16)22-19(27)15-10-21-25(11-15)7-8-26/h3,5,9-12,17,26H,4,6-8H2,1-2H3,(H,22,27)/t17-/m1/s1. The lowest BCUT2D eigenvalue weighted by Gasteiger charge is -2.13. The molecule has 1 aliphatic rings. The fourth-order valence-corrected chi connectivity index (χ4v) is 3.44. The maximum absolute atomic E-state index is 12.5. The van der Waals surface area contributed by atoms with Crippen LogP contribution in [0, 0.1) is 0 Å². The summed E-state index contributed by atoms with van der Waals surface area (Å²) < 4.78 is 6.86. The smallest absolute Gasteiger partial charge is 0.254 e. The van der Waals surface area contributed by atoms with Crippen LogP contribution in [0.1, 0.15) is 59.6 Å². The van der Waals surface area contributed by atoms with Gasteiger partial charge in [-0.15, -0.1) is 0 Å². The van der Waals surface area contributed by atoms with Gasteiger partial charge in [-0.3, -0.25) is 9.48 Å². The molecule has 0 bridgehead atoms. The van der Waals surface area contributed by atoms with Gasteiger partial charge in [-0.05, 0) is 30.0 Å². The molecule has 2 N–H and O–H groups in total. The monoisotopic (exact) mass is 381 g/mol. The van der Waals surface area contributed by atoms with Crippen molar-refractivity contribution in [2.75, 3.05) is 6.61 Å². The zero-order valence-corrected chi connectivity index (χ0v) is 15.9. The van der Waals surface area contributed by atoms with E-state index in [1.165, 1.54) is 11.8 Å². The summed E-state index contributed by atoms with van der Waals surface area (Å²) in [6, 6.07) is 6.05. The summed E-state index contributed by atoms with van der Waals surface area (Å²) in [5.41, 5.74) is 3.72. The summed E-state index contributed by atoms with van der Waals surface area (Å²) in [5.74, 6) is 1.25. The number of aromatic nitrogens is 4. The van der Waals surface area contributed by atoms with Gasteiger partial charge in [-0.1, -0.05) is 31.1 Å². The van der Waals surface area contributed by atoms with E-state index < -0.39 is 0 Å². The van der Waals surface area contributed by atoms with Gasteiger partial charge in [0, 0.05) is 17.7 Å². The fraction of sp³-hybridized carbons (Fsp3) is 0.400. The van der Waals surface area contributed by atoms with Crippen LogP contribution in [0.4, 0.5) is 0 Å². The Morgan fingerprint density at radius 1 is 1.43 bits per heavy atom. The van der Waals surface area contributed by atoms with Crippen LogP contribution in [0.2, 0.25) is 0 Å². The van der Waals surface area contributed by atoms with Crippen LogP contribution >= 0.6 is 0 Å². The molecule has 0 radical (unpaired) electrons. The van der Waals surface area contributed by atoms with E-state index in [4.69, 9.17) is 9.63 Å². The first-order valence-corrected chi connectivity index (χ1v) is 9.46. The zero-order chi connectivity index (χ0) is 19.7. The molecule has 3 aromatic rings. The van der Waals surface area contributed by atoms with E-state index in [-0.39, 0.29) is 24.5 Å². The molecule has 2 aromatic heterocycles. The first-order chi connectivity index (χ1) is 13.5. The number of aryl methyl sites for hydroxylation is 1. The van der Waals surface area contributed by atoms with Crippen molar-refractivity contribution < 1.29 is 14.4 Å². The molecule has 0 spiro atoms. The van der Waals surface area contributed by atoms with Gasteiger partial charge in [0.05, 0.1) is 31.0 Å². The minimum atomic E-state index is -0.161. The molecule has 0 aliphatic heterocycles. The second-order valence-corrected chi connectivity index (χ2v) is 7.30. The van der Waals surface area contributed by atoms with Gasteiger partial charge in [-0.2, -0.15) is 10.1 Å². The summed E-state index contributed by atoms with van der Waals surface area (Å²) in [6.45, 7) is 4.39. The Labute approximate surface area is 162 Å². The second kappa shape index (κ2) is 7.55. The Kier molecular flexibility index (Phi) is 4.95. The van der Waals surface area contributed by atoms with Gasteiger partial charge in [0.2, 0.25) is 11.7 Å². The average molecular weight is 381 g/mol. The Balaban J connectivity index is 1.49. The number of carbonyl (C=O) groups excluding carboxylic acids is 1. The topological polar surface area (TPSA) is 106 Å². The van der Waals surface area contributed by atoms with Crippen molar-refractivity contribution in [1.82, 2.24) is 25.2 Å². The number of nitrogens with one attached hydrogen (secondary N) is 1. The Hall–Kier alpha value is -3.00. The Bertz CT molecular complexity index is 991. The number of fused-ring (bicyclic) bond motifs is 1. The highest BCUT2D eigenvalue weighted by Crippen LogP contribution is 2.34. The third-order valence-electron chi connectivity index (χ3n) is 4.94. The predicted molar refractivity (Wildman–Crippen MR) is 102 cm³/mol. The van der Waals surface area contributed by atoms with E-state index in [2.05, 4.69) is 26.6 Å². The van der Waals surface area contributed by atoms with Crippen LogP contribution in [0.3, 0.4) is 0 Å². The lowest BCUT2D eigenvalue weighted by Crippen LogP contribution is -2.26. The quantitative estimate of drug-likeness (QED) is 0.679. The molecule has 0 saturated carbocycles. The van der Waals surface area contributed by atoms with Crippen LogP contribution in [-0.4, -0.2) is 37.5 Å². The van der Waals surface area contributed by atoms with E-state index in [1.54, 1.807) is 10.9 Å². The van der Waals surface area contributed by atoms with Crippen molar-refractivity contribution in [2.24, 2.45) is 0 Å². The maximum atomic E-state index is 12.5. The number of benzene rings is 1. The van der Waals surface area contributed by atoms with E-state index in [0.29, 0.717) is 23.8 Å². The van der Waals surface area contributed by atoms with Crippen molar-refractivity contribution >= 4 is 5.91 Å². The molecule has 1 atom stereocenters. The third-order valence-corrected chi connectivity index (χ3v) is 4.94. The second-order valence-electron chi connectivity index (χ2n) is 7.30. The highest BCUT2D eigenvalue weighted by Gasteiger charge is 2.25. The first-order valence-electron chi connectivity index (χ1n) is 9.46. The van der Waals surface area contributed by atoms with Crippen LogP contribution in [0.5, 0.6) is 0 Å². The minimum absolute atomic E-state index is 0.0138. The molecule has 0 unspecified atom stereocenters. The predicted octanol–water partition coefficient (Wildman–Crippen LogP) is 2.47. The van der Waals surface area contributed by atoms with Crippen molar-refractivity contribution in [1.29, 1.82) is 0 Å². The molecule has 2 heterocycles. The average Bonchev–Trinajstić information content (AvgIpc) is 3.41. The summed E-state index contributed by atoms with van der Waals surface area (Å²) in [4.78, 5) is 17.0. The van der Waals surface area contributed by atoms with E-state index in [1.807, 2.05) is 26.0 Å². The van der Waals surface area contributed by atoms with Gasteiger partial charge in [0.25, 0.3) is 5.91 Å². The molecule has 1 amide bonds. The molecule has 1 aromatic carbocycles. The Morgan fingerprint density at radius 3 is 3.04 bits per heavy atom. The number of aliphatic hydroxyl groups excluding tert-OH is 1. The lowest BCUT2D eigenvalue weighted by atomic mass is 10.0. The Morgan fingerprint density at radius 2 is 2.29 bits per heavy atom. The fourth-order valence-electron chi connectivity index (χ4n) is 3.44. The molecular weight excluding hydrogens is 358 g/mol. The number of amides is 1. The molecule has 146 valence electrons. The highest BCUT2D eigenvalue weighted by molar-refractivity contribution is 5.94. The largest absolute Gasteiger partial charge is 0.394 e. The van der Waals surface area contributed by atoms with E-state index in [0.717, 1.165) is 24.0 Å². The first kappa shape index (κ1) is 18.4. The van der Waals surface area contributed by atoms with Crippen molar-refractivity contribution in [3.05, 3.63) is 53.2 Å². The maximum Gasteiger partial charge on any atom is 0.254 e. The van der Waals surface area contributed by atoms with Gasteiger partial charge < -0.3 is 14.9 Å². The zero-order valence-electron chi connectivity index (χ0n) is 15.9. The summed E-state index contributed by atoms with van der Waals surface area (Å²) in [7, 11) is 0. The normalized spacial score (nSPS) is 15.8. The van der Waals surface area contributed by atoms with Gasteiger partial charge in [0.15, 0.2) is 0 Å². The molecule has 0 fully saturated rings. The number of rotatable bonds is 6. The minimum Gasteiger partial charge on any atom is -0.394 e. The number of nitrogens with zero attached hydrogens (tertiary/aromatic N) is 4. The lowest BCUT2D eigenvalue weighted by molar-refractivity contribution is 0.0936. The van der Waals surface area contributed by atoms with E-state index in [9.17, 15) is 4.79 Å². The van der Waals surface area contributed by atoms with Gasteiger partial charge in [-0.25, -0.2) is 0 Å². The van der Waals surface area contributed by atoms with Crippen LogP contribution < -0.4 is 5.32 Å². The summed E-state index contributed by atoms with van der Waals surface area (Å²) in [6.07, 6.45) is 4.89. The molecular formula is C20H23N5O3. The molecule has 0 saturated heterocycles. The number of aliphatic hydroxyl groups is 1. The molecule has 8 nitrogen and oxygen atoms in total. The van der Waals surface area contributed by atoms with Crippen molar-refractivity contribution in [3.8, 4) is 11.4 Å². The summed E-state index contributed by atoms with van der Waals surface area (Å²) in [5, 5.41) is 20.2. The highest BCUT2D eigenvalue weighted by atomic mass is 16.5. The summed E-state index contributed by atoms with van der Waals surface area (Å²) >= 11 is 0. The third kappa shape index (κ3) is 3.55. The molecule has 4 rings (SSSR count). The molecule has 8 heteroatoms. The van der Waals surface area contributed by atoms with Crippen LogP contribution in [-0.2, 0) is 13.0 Å². The van der Waals surface area contributed by atoms with Crippen molar-refractivity contribution in [2.45, 2.75) is 45.2 Å². The van der Waals surface area contributed by atoms with E-state index >= 15 is 0 Å². The number of hydrogen-bond acceptors (Lipinski definition) is 6. The number of hydrogen-bond donors (Lipinski definition) is 2. The van der Waals surface area contributed by atoms with Gasteiger partial charge in [0.1, 0.15) is 0 Å². The molecule has 28 heavy (non-hydrogen) atoms. The van der Waals surface area contributed by atoms with Gasteiger partial charge >= 0.3 is 0 Å². The SMILES string of the molecule is CC(C)c1nc(-c2ccc3c(c2)CC[C@H]3NC(=O)c2cnn(CCO)c2)no1. The van der Waals surface area contributed by atoms with Crippen LogP contribution in [0.25, 0.3) is 11.4 Å². The van der Waals surface area contributed by atoms with Crippen LogP contribution in [0.15, 0.2) is 35.1 Å².